The molecule has 0 fully saturated rings. The molecule has 0 aliphatic heterocycles. The second-order valence-electron chi connectivity index (χ2n) is 3.31. The number of hydrogen-bond acceptors (Lipinski definition) is 3. The van der Waals surface area contributed by atoms with Crippen molar-refractivity contribution in [2.45, 2.75) is 18.9 Å². The zero-order valence-electron chi connectivity index (χ0n) is 9.53. The summed E-state index contributed by atoms with van der Waals surface area (Å²) in [6, 6.07) is -0.769. The lowest BCUT2D eigenvalue weighted by Crippen LogP contribution is -2.38. The average Bonchev–Trinajstić information content (AvgIpc) is 2.19. The molecule has 0 heterocycles. The van der Waals surface area contributed by atoms with Crippen LogP contribution in [0.3, 0.4) is 0 Å². The zero-order chi connectivity index (χ0) is 11.8. The first kappa shape index (κ1) is 13.7. The van der Waals surface area contributed by atoms with Gasteiger partial charge in [-0.2, -0.15) is 0 Å². The highest BCUT2D eigenvalue weighted by molar-refractivity contribution is 5.79. The fourth-order valence-electron chi connectivity index (χ4n) is 1.25. The molecule has 15 heavy (non-hydrogen) atoms. The maximum absolute atomic E-state index is 10.4. The van der Waals surface area contributed by atoms with Gasteiger partial charge in [0, 0.05) is 27.7 Å². The van der Waals surface area contributed by atoms with Gasteiger partial charge in [0.25, 0.3) is 0 Å². The van der Waals surface area contributed by atoms with Crippen LogP contribution in [0.1, 0.15) is 12.8 Å². The second-order valence-corrected chi connectivity index (χ2v) is 3.31. The van der Waals surface area contributed by atoms with Gasteiger partial charge in [0.05, 0.1) is 0 Å². The number of nitrogens with two attached hydrogens (primary N) is 1. The minimum absolute atomic E-state index is 0.473. The van der Waals surface area contributed by atoms with Crippen molar-refractivity contribution in [3.63, 3.8) is 0 Å². The highest BCUT2D eigenvalue weighted by atomic mass is 16.4. The van der Waals surface area contributed by atoms with Crippen LogP contribution in [-0.4, -0.2) is 55.7 Å². The Morgan fingerprint density at radius 1 is 1.67 bits per heavy atom. The van der Waals surface area contributed by atoms with E-state index in [2.05, 4.69) is 10.3 Å². The zero-order valence-corrected chi connectivity index (χ0v) is 9.53. The van der Waals surface area contributed by atoms with Crippen LogP contribution in [-0.2, 0) is 4.79 Å². The number of guanidine groups is 1. The molecule has 0 saturated carbocycles. The van der Waals surface area contributed by atoms with Crippen LogP contribution in [0.5, 0.6) is 0 Å². The highest BCUT2D eigenvalue weighted by Crippen LogP contribution is 1.97. The molecule has 0 aliphatic carbocycles. The predicted molar refractivity (Wildman–Crippen MR) is 59.9 cm³/mol. The Morgan fingerprint density at radius 3 is 2.67 bits per heavy atom. The van der Waals surface area contributed by atoms with Crippen molar-refractivity contribution in [2.24, 2.45) is 10.7 Å². The fraction of sp³-hybridized carbons (Fsp3) is 0.778. The van der Waals surface area contributed by atoms with E-state index in [9.17, 15) is 4.79 Å². The lowest BCUT2D eigenvalue weighted by Gasteiger charge is -2.20. The van der Waals surface area contributed by atoms with Crippen molar-refractivity contribution >= 4 is 11.9 Å². The molecule has 0 bridgehead atoms. The smallest absolute Gasteiger partial charge is 0.320 e. The average molecular weight is 216 g/mol. The summed E-state index contributed by atoms with van der Waals surface area (Å²) in [5.41, 5.74) is 5.38. The van der Waals surface area contributed by atoms with Crippen molar-refractivity contribution in [3.8, 4) is 0 Å². The number of nitrogens with one attached hydrogen (secondary N) is 1. The molecule has 0 aliphatic rings. The fourth-order valence-corrected chi connectivity index (χ4v) is 1.25. The first-order valence-corrected chi connectivity index (χ1v) is 4.87. The predicted octanol–water partition coefficient (Wildman–Crippen LogP) is -0.684. The number of hydrogen-bond donors (Lipinski definition) is 3. The first-order chi connectivity index (χ1) is 7.02. The third kappa shape index (κ3) is 5.21. The van der Waals surface area contributed by atoms with Gasteiger partial charge in [-0.05, 0) is 12.8 Å². The Morgan fingerprint density at radius 2 is 2.27 bits per heavy atom. The van der Waals surface area contributed by atoms with Crippen molar-refractivity contribution in [3.05, 3.63) is 0 Å². The van der Waals surface area contributed by atoms with Crippen LogP contribution < -0.4 is 11.1 Å². The molecular formula is C9H20N4O2. The van der Waals surface area contributed by atoms with Gasteiger partial charge in [0.1, 0.15) is 6.04 Å². The molecule has 0 saturated heterocycles. The van der Waals surface area contributed by atoms with E-state index in [1.807, 2.05) is 11.9 Å². The van der Waals surface area contributed by atoms with Crippen LogP contribution in [0.2, 0.25) is 0 Å². The Kier molecular flexibility index (Phi) is 6.44. The van der Waals surface area contributed by atoms with E-state index < -0.39 is 12.0 Å². The molecular weight excluding hydrogens is 196 g/mol. The summed E-state index contributed by atoms with van der Waals surface area (Å²) in [5, 5.41) is 11.5. The van der Waals surface area contributed by atoms with Crippen molar-refractivity contribution in [1.29, 1.82) is 0 Å². The standard InChI is InChI=1S/C9H20N4O2/c1-11-9(12-2)13(3)6-4-5-7(10)8(14)15/h7H,4-6,10H2,1-3H3,(H,11,12)(H,14,15). The van der Waals surface area contributed by atoms with E-state index >= 15 is 0 Å². The van der Waals surface area contributed by atoms with Gasteiger partial charge >= 0.3 is 5.97 Å². The molecule has 0 aromatic rings. The van der Waals surface area contributed by atoms with Crippen molar-refractivity contribution in [2.75, 3.05) is 27.7 Å². The summed E-state index contributed by atoms with van der Waals surface area (Å²) in [4.78, 5) is 16.4. The first-order valence-electron chi connectivity index (χ1n) is 4.87. The number of nitrogens with zero attached hydrogens (tertiary/aromatic N) is 2. The lowest BCUT2D eigenvalue weighted by molar-refractivity contribution is -0.138. The van der Waals surface area contributed by atoms with Gasteiger partial charge < -0.3 is 21.1 Å². The van der Waals surface area contributed by atoms with E-state index in [4.69, 9.17) is 10.8 Å². The quantitative estimate of drug-likeness (QED) is 0.418. The lowest BCUT2D eigenvalue weighted by atomic mass is 10.1. The largest absolute Gasteiger partial charge is 0.480 e. The van der Waals surface area contributed by atoms with Crippen LogP contribution in [0.25, 0.3) is 0 Å². The molecule has 88 valence electrons. The number of carbonyl (C=O) groups is 1. The van der Waals surface area contributed by atoms with Crippen LogP contribution in [0.4, 0.5) is 0 Å². The minimum Gasteiger partial charge on any atom is -0.480 e. The number of carboxylic acid groups (broad SMARTS) is 1. The maximum atomic E-state index is 10.4. The molecule has 1 atom stereocenters. The molecule has 0 rings (SSSR count). The maximum Gasteiger partial charge on any atom is 0.320 e. The molecule has 0 amide bonds. The summed E-state index contributed by atoms with van der Waals surface area (Å²) in [6.45, 7) is 0.731. The summed E-state index contributed by atoms with van der Waals surface area (Å²) in [7, 11) is 5.39. The van der Waals surface area contributed by atoms with E-state index in [1.54, 1.807) is 14.1 Å². The van der Waals surface area contributed by atoms with Crippen LogP contribution in [0.15, 0.2) is 4.99 Å². The normalized spacial score (nSPS) is 13.5. The SMILES string of the molecule is CN=C(NC)N(C)CCCC(N)C(=O)O. The van der Waals surface area contributed by atoms with Gasteiger partial charge in [-0.3, -0.25) is 9.79 Å². The highest BCUT2D eigenvalue weighted by Gasteiger charge is 2.11. The number of aliphatic imine (C=N–C) groups is 1. The van der Waals surface area contributed by atoms with E-state index in [-0.39, 0.29) is 0 Å². The monoisotopic (exact) mass is 216 g/mol. The minimum atomic E-state index is -0.948. The Hall–Kier alpha value is -1.30. The summed E-state index contributed by atoms with van der Waals surface area (Å²) in [6.07, 6.45) is 1.20. The summed E-state index contributed by atoms with van der Waals surface area (Å²) < 4.78 is 0. The molecule has 4 N–H and O–H groups in total. The Labute approximate surface area is 90.2 Å². The number of aliphatic carboxylic acids is 1. The van der Waals surface area contributed by atoms with Crippen molar-refractivity contribution < 1.29 is 9.90 Å². The third-order valence-electron chi connectivity index (χ3n) is 2.12. The molecule has 0 spiro atoms. The topological polar surface area (TPSA) is 91.0 Å². The third-order valence-corrected chi connectivity index (χ3v) is 2.12. The van der Waals surface area contributed by atoms with Gasteiger partial charge in [-0.1, -0.05) is 0 Å². The second kappa shape index (κ2) is 7.05. The van der Waals surface area contributed by atoms with Crippen molar-refractivity contribution in [1.82, 2.24) is 10.2 Å². The van der Waals surface area contributed by atoms with Gasteiger partial charge in [0.2, 0.25) is 0 Å². The van der Waals surface area contributed by atoms with E-state index in [0.29, 0.717) is 6.42 Å². The Balaban J connectivity index is 3.81. The molecule has 1 unspecified atom stereocenters. The summed E-state index contributed by atoms with van der Waals surface area (Å²) >= 11 is 0. The molecule has 0 aromatic carbocycles. The number of rotatable bonds is 5. The van der Waals surface area contributed by atoms with E-state index in [1.165, 1.54) is 0 Å². The van der Waals surface area contributed by atoms with Crippen LogP contribution >= 0.6 is 0 Å². The van der Waals surface area contributed by atoms with Crippen LogP contribution in [0, 0.1) is 0 Å². The van der Waals surface area contributed by atoms with Gasteiger partial charge in [0.15, 0.2) is 5.96 Å². The number of carboxylic acids is 1. The molecule has 6 heteroatoms. The molecule has 0 radical (unpaired) electrons. The molecule has 0 aromatic heterocycles. The van der Waals surface area contributed by atoms with E-state index in [0.717, 1.165) is 18.9 Å². The summed E-state index contributed by atoms with van der Waals surface area (Å²) in [5.74, 6) is -0.172. The van der Waals surface area contributed by atoms with Gasteiger partial charge in [-0.15, -0.1) is 0 Å². The van der Waals surface area contributed by atoms with Gasteiger partial charge in [-0.25, -0.2) is 0 Å². The Bertz CT molecular complexity index is 230. The molecule has 6 nitrogen and oxygen atoms in total.